The topological polar surface area (TPSA) is 79.9 Å². The highest BCUT2D eigenvalue weighted by molar-refractivity contribution is 5.94. The summed E-state index contributed by atoms with van der Waals surface area (Å²) >= 11 is 0. The number of hydrogen-bond acceptors (Lipinski definition) is 5. The molecule has 2 N–H and O–H groups in total. The normalized spacial score (nSPS) is 19.6. The van der Waals surface area contributed by atoms with Crippen LogP contribution in [0.1, 0.15) is 67.3 Å². The Balaban J connectivity index is 1.25. The van der Waals surface area contributed by atoms with Gasteiger partial charge in [0.2, 0.25) is 5.91 Å². The molecule has 2 aromatic carbocycles. The Labute approximate surface area is 220 Å². The fraction of sp³-hybridized carbons (Fsp3) is 0.533. The van der Waals surface area contributed by atoms with Gasteiger partial charge in [0.25, 0.3) is 5.91 Å². The molecule has 0 bridgehead atoms. The quantitative estimate of drug-likeness (QED) is 0.394. The first-order valence-corrected chi connectivity index (χ1v) is 13.9. The number of amides is 2. The zero-order chi connectivity index (χ0) is 25.9. The number of hydrogen-bond donors (Lipinski definition) is 2. The van der Waals surface area contributed by atoms with Crippen molar-refractivity contribution in [1.29, 1.82) is 0 Å². The third kappa shape index (κ3) is 7.96. The standard InChI is InChI=1S/C30H41N3O4/c1-2-3-4-16-32-30(35)24-9-13-27(14-10-24)37-22-25-21-31-17-15-28(25)23-7-11-26(12-8-23)36-20-19-33-18-5-6-29(33)34/h7-14,25,28,31H,2-6,15-22H2,1H3,(H,32,35)/t25-,28-/m0/s1. The van der Waals surface area contributed by atoms with E-state index in [2.05, 4.69) is 29.7 Å². The molecule has 2 amide bonds. The number of ether oxygens (including phenoxy) is 2. The second-order valence-electron chi connectivity index (χ2n) is 10.1. The summed E-state index contributed by atoms with van der Waals surface area (Å²) < 4.78 is 12.0. The predicted molar refractivity (Wildman–Crippen MR) is 145 cm³/mol. The van der Waals surface area contributed by atoms with Crippen molar-refractivity contribution in [2.45, 2.75) is 51.4 Å². The highest BCUT2D eigenvalue weighted by Gasteiger charge is 2.27. The third-order valence-electron chi connectivity index (χ3n) is 7.36. The van der Waals surface area contributed by atoms with Gasteiger partial charge in [-0.05, 0) is 73.7 Å². The van der Waals surface area contributed by atoms with Crippen molar-refractivity contribution in [1.82, 2.24) is 15.5 Å². The van der Waals surface area contributed by atoms with Crippen LogP contribution in [0.4, 0.5) is 0 Å². The average Bonchev–Trinajstić information content (AvgIpc) is 3.35. The molecule has 0 radical (unpaired) electrons. The van der Waals surface area contributed by atoms with Crippen molar-refractivity contribution in [3.8, 4) is 11.5 Å². The van der Waals surface area contributed by atoms with Gasteiger partial charge in [-0.3, -0.25) is 9.59 Å². The Morgan fingerprint density at radius 1 is 1.05 bits per heavy atom. The summed E-state index contributed by atoms with van der Waals surface area (Å²) in [5.74, 6) is 2.58. The fourth-order valence-electron chi connectivity index (χ4n) is 5.15. The first kappa shape index (κ1) is 27.0. The zero-order valence-corrected chi connectivity index (χ0v) is 22.0. The first-order chi connectivity index (χ1) is 18.1. The minimum atomic E-state index is -0.0313. The molecule has 0 aromatic heterocycles. The number of piperidine rings is 1. The number of carbonyl (C=O) groups excluding carboxylic acids is 2. The number of unbranched alkanes of at least 4 members (excludes halogenated alkanes) is 2. The SMILES string of the molecule is CCCCCNC(=O)c1ccc(OC[C@@H]2CNCC[C@H]2c2ccc(OCCN3CCCC3=O)cc2)cc1. The second-order valence-corrected chi connectivity index (χ2v) is 10.1. The van der Waals surface area contributed by atoms with Crippen LogP contribution in [0.25, 0.3) is 0 Å². The van der Waals surface area contributed by atoms with Crippen molar-refractivity contribution in [3.63, 3.8) is 0 Å². The first-order valence-electron chi connectivity index (χ1n) is 13.9. The fourth-order valence-corrected chi connectivity index (χ4v) is 5.15. The van der Waals surface area contributed by atoms with Crippen molar-refractivity contribution in [3.05, 3.63) is 59.7 Å². The van der Waals surface area contributed by atoms with Gasteiger partial charge in [-0.2, -0.15) is 0 Å². The van der Waals surface area contributed by atoms with Gasteiger partial charge in [0, 0.05) is 37.5 Å². The maximum Gasteiger partial charge on any atom is 0.251 e. The van der Waals surface area contributed by atoms with Crippen LogP contribution in [-0.2, 0) is 4.79 Å². The second kappa shape index (κ2) is 14.0. The Morgan fingerprint density at radius 3 is 2.54 bits per heavy atom. The molecule has 2 atom stereocenters. The smallest absolute Gasteiger partial charge is 0.251 e. The van der Waals surface area contributed by atoms with Crippen LogP contribution in [0.3, 0.4) is 0 Å². The molecule has 2 aliphatic rings. The van der Waals surface area contributed by atoms with Gasteiger partial charge in [-0.1, -0.05) is 31.9 Å². The molecule has 7 nitrogen and oxygen atoms in total. The molecular formula is C30H41N3O4. The summed E-state index contributed by atoms with van der Waals surface area (Å²) in [6.07, 6.45) is 5.96. The molecule has 0 unspecified atom stereocenters. The molecule has 0 saturated carbocycles. The van der Waals surface area contributed by atoms with Crippen molar-refractivity contribution >= 4 is 11.8 Å². The van der Waals surface area contributed by atoms with Gasteiger partial charge in [0.1, 0.15) is 18.1 Å². The minimum absolute atomic E-state index is 0.0313. The number of carbonyl (C=O) groups is 2. The van der Waals surface area contributed by atoms with E-state index in [-0.39, 0.29) is 11.8 Å². The van der Waals surface area contributed by atoms with E-state index in [1.165, 1.54) is 5.56 Å². The van der Waals surface area contributed by atoms with Crippen LogP contribution < -0.4 is 20.1 Å². The maximum atomic E-state index is 12.3. The van der Waals surface area contributed by atoms with E-state index in [0.717, 1.165) is 63.2 Å². The van der Waals surface area contributed by atoms with Gasteiger partial charge in [-0.25, -0.2) is 0 Å². The lowest BCUT2D eigenvalue weighted by Crippen LogP contribution is -2.38. The summed E-state index contributed by atoms with van der Waals surface area (Å²) in [7, 11) is 0. The molecule has 2 heterocycles. The maximum absolute atomic E-state index is 12.3. The Bertz CT molecular complexity index is 993. The van der Waals surface area contributed by atoms with E-state index in [1.807, 2.05) is 41.3 Å². The third-order valence-corrected chi connectivity index (χ3v) is 7.36. The zero-order valence-electron chi connectivity index (χ0n) is 22.0. The van der Waals surface area contributed by atoms with Crippen LogP contribution in [0.15, 0.2) is 48.5 Å². The summed E-state index contributed by atoms with van der Waals surface area (Å²) in [6.45, 7) is 7.40. The molecule has 0 spiro atoms. The number of rotatable bonds is 13. The minimum Gasteiger partial charge on any atom is -0.493 e. The van der Waals surface area contributed by atoms with Crippen LogP contribution in [0.5, 0.6) is 11.5 Å². The van der Waals surface area contributed by atoms with E-state index >= 15 is 0 Å². The molecule has 7 heteroatoms. The van der Waals surface area contributed by atoms with Crippen molar-refractivity contribution in [2.75, 3.05) is 45.9 Å². The number of benzene rings is 2. The highest BCUT2D eigenvalue weighted by atomic mass is 16.5. The van der Waals surface area contributed by atoms with E-state index in [0.29, 0.717) is 50.1 Å². The summed E-state index contributed by atoms with van der Waals surface area (Å²) in [4.78, 5) is 25.9. The summed E-state index contributed by atoms with van der Waals surface area (Å²) in [5.41, 5.74) is 1.96. The van der Waals surface area contributed by atoms with E-state index in [9.17, 15) is 9.59 Å². The molecule has 200 valence electrons. The van der Waals surface area contributed by atoms with Gasteiger partial charge < -0.3 is 25.0 Å². The average molecular weight is 508 g/mol. The van der Waals surface area contributed by atoms with Crippen molar-refractivity contribution in [2.24, 2.45) is 5.92 Å². The van der Waals surface area contributed by atoms with Crippen LogP contribution >= 0.6 is 0 Å². The van der Waals surface area contributed by atoms with Crippen LogP contribution in [0, 0.1) is 5.92 Å². The molecule has 4 rings (SSSR count). The molecule has 2 aromatic rings. The van der Waals surface area contributed by atoms with Crippen LogP contribution in [0.2, 0.25) is 0 Å². The summed E-state index contributed by atoms with van der Waals surface area (Å²) in [6, 6.07) is 15.8. The number of nitrogens with zero attached hydrogens (tertiary/aromatic N) is 1. The molecule has 37 heavy (non-hydrogen) atoms. The predicted octanol–water partition coefficient (Wildman–Crippen LogP) is 4.38. The largest absolute Gasteiger partial charge is 0.493 e. The lowest BCUT2D eigenvalue weighted by atomic mass is 9.81. The molecule has 0 aliphatic carbocycles. The van der Waals surface area contributed by atoms with Gasteiger partial charge in [0.05, 0.1) is 13.2 Å². The number of likely N-dealkylation sites (tertiary alicyclic amines) is 1. The van der Waals surface area contributed by atoms with Crippen LogP contribution in [-0.4, -0.2) is 62.7 Å². The Morgan fingerprint density at radius 2 is 1.81 bits per heavy atom. The molecular weight excluding hydrogens is 466 g/mol. The Kier molecular flexibility index (Phi) is 10.2. The highest BCUT2D eigenvalue weighted by Crippen LogP contribution is 2.32. The molecule has 2 aliphatic heterocycles. The lowest BCUT2D eigenvalue weighted by Gasteiger charge is -2.32. The monoisotopic (exact) mass is 507 g/mol. The lowest BCUT2D eigenvalue weighted by molar-refractivity contribution is -0.128. The number of nitrogens with one attached hydrogen (secondary N) is 2. The van der Waals surface area contributed by atoms with Gasteiger partial charge >= 0.3 is 0 Å². The molecule has 2 saturated heterocycles. The van der Waals surface area contributed by atoms with E-state index in [4.69, 9.17) is 9.47 Å². The van der Waals surface area contributed by atoms with E-state index < -0.39 is 0 Å². The summed E-state index contributed by atoms with van der Waals surface area (Å²) in [5, 5.41) is 6.48. The van der Waals surface area contributed by atoms with Crippen molar-refractivity contribution < 1.29 is 19.1 Å². The van der Waals surface area contributed by atoms with Gasteiger partial charge in [-0.15, -0.1) is 0 Å². The van der Waals surface area contributed by atoms with E-state index in [1.54, 1.807) is 0 Å². The van der Waals surface area contributed by atoms with Gasteiger partial charge in [0.15, 0.2) is 0 Å². The Hall–Kier alpha value is -3.06. The molecule has 2 fully saturated rings.